The van der Waals surface area contributed by atoms with Crippen LogP contribution >= 0.6 is 0 Å². The van der Waals surface area contributed by atoms with Gasteiger partial charge in [-0.15, -0.1) is 10.2 Å². The number of aromatic hydroxyl groups is 1. The first-order valence-corrected chi connectivity index (χ1v) is 9.80. The highest BCUT2D eigenvalue weighted by atomic mass is 32.2. The third kappa shape index (κ3) is 3.76. The number of hydrogen-bond donors (Lipinski definition) is 1. The third-order valence-electron chi connectivity index (χ3n) is 4.00. The molecule has 0 aliphatic carbocycles. The Bertz CT molecular complexity index is 1220. The summed E-state index contributed by atoms with van der Waals surface area (Å²) in [5.41, 5.74) is -0.00218. The van der Waals surface area contributed by atoms with Crippen LogP contribution in [0.15, 0.2) is 63.7 Å². The van der Waals surface area contributed by atoms with Crippen molar-refractivity contribution < 1.29 is 23.2 Å². The molecule has 0 saturated carbocycles. The molecule has 0 amide bonds. The molecule has 0 spiro atoms. The molecule has 0 atom stereocenters. The number of nitro groups is 1. The predicted octanol–water partition coefficient (Wildman–Crippen LogP) is 4.28. The first-order chi connectivity index (χ1) is 13.2. The summed E-state index contributed by atoms with van der Waals surface area (Å²) in [4.78, 5) is 9.94. The van der Waals surface area contributed by atoms with Gasteiger partial charge in [0.05, 0.1) is 17.7 Å². The minimum Gasteiger partial charge on any atom is -0.507 e. The topological polar surface area (TPSA) is 131 Å². The van der Waals surface area contributed by atoms with Crippen molar-refractivity contribution in [2.45, 2.75) is 4.90 Å². The van der Waals surface area contributed by atoms with Crippen LogP contribution in [0.5, 0.6) is 11.5 Å². The van der Waals surface area contributed by atoms with Crippen molar-refractivity contribution in [1.29, 1.82) is 0 Å². The zero-order valence-electron chi connectivity index (χ0n) is 14.9. The van der Waals surface area contributed by atoms with Crippen LogP contribution in [0.2, 0.25) is 0 Å². The van der Waals surface area contributed by atoms with E-state index in [1.54, 1.807) is 18.2 Å². The fourth-order valence-electron chi connectivity index (χ4n) is 2.61. The molecular weight excluding hydrogens is 386 g/mol. The second kappa shape index (κ2) is 7.24. The number of ether oxygens (including phenoxy) is 1. The SMILES string of the molecule is COc1ccc2c(N=Nc3ccc([N+](=O)[O-])cc3S(C)(=O)=O)ccc(O)c2c1. The number of non-ortho nitro benzene ring substituents is 1. The number of benzene rings is 3. The number of nitro benzene ring substituents is 1. The molecule has 3 aromatic rings. The Hall–Kier alpha value is -3.53. The van der Waals surface area contributed by atoms with Crippen LogP contribution in [-0.2, 0) is 9.84 Å². The molecule has 28 heavy (non-hydrogen) atoms. The van der Waals surface area contributed by atoms with Crippen LogP contribution in [0.1, 0.15) is 0 Å². The summed E-state index contributed by atoms with van der Waals surface area (Å²) in [6, 6.07) is 11.3. The monoisotopic (exact) mass is 401 g/mol. The Kier molecular flexibility index (Phi) is 4.97. The number of nitrogens with zero attached hydrogens (tertiary/aromatic N) is 3. The average Bonchev–Trinajstić information content (AvgIpc) is 2.66. The summed E-state index contributed by atoms with van der Waals surface area (Å²) in [7, 11) is -2.26. The molecule has 3 aromatic carbocycles. The highest BCUT2D eigenvalue weighted by molar-refractivity contribution is 7.90. The van der Waals surface area contributed by atoms with Gasteiger partial charge in [-0.3, -0.25) is 10.1 Å². The molecule has 0 saturated heterocycles. The first kappa shape index (κ1) is 19.2. The fourth-order valence-corrected chi connectivity index (χ4v) is 3.44. The Balaban J connectivity index is 2.12. The van der Waals surface area contributed by atoms with Crippen LogP contribution in [0.3, 0.4) is 0 Å². The van der Waals surface area contributed by atoms with Crippen LogP contribution in [0.4, 0.5) is 17.1 Å². The van der Waals surface area contributed by atoms with Gasteiger partial charge in [0.1, 0.15) is 22.1 Å². The molecule has 144 valence electrons. The first-order valence-electron chi connectivity index (χ1n) is 7.90. The standard InChI is InChI=1S/C18H15N3O6S/c1-27-12-4-5-13-14(10-12)17(22)8-7-15(13)19-20-16-6-3-11(21(23)24)9-18(16)28(2,25)26/h3-10,22H,1-2H3. The molecule has 0 unspecified atom stereocenters. The van der Waals surface area contributed by atoms with Crippen molar-refractivity contribution in [1.82, 2.24) is 0 Å². The number of methoxy groups -OCH3 is 1. The van der Waals surface area contributed by atoms with Crippen molar-refractivity contribution in [2.75, 3.05) is 13.4 Å². The van der Waals surface area contributed by atoms with Gasteiger partial charge in [0.2, 0.25) is 0 Å². The smallest absolute Gasteiger partial charge is 0.270 e. The Morgan fingerprint density at radius 1 is 1.00 bits per heavy atom. The Morgan fingerprint density at radius 3 is 2.32 bits per heavy atom. The van der Waals surface area contributed by atoms with Gasteiger partial charge in [-0.05, 0) is 36.4 Å². The maximum atomic E-state index is 12.0. The minimum absolute atomic E-state index is 0.0252. The summed E-state index contributed by atoms with van der Waals surface area (Å²) in [5, 5.41) is 30.1. The van der Waals surface area contributed by atoms with Crippen LogP contribution < -0.4 is 4.74 Å². The highest BCUT2D eigenvalue weighted by Gasteiger charge is 2.18. The summed E-state index contributed by atoms with van der Waals surface area (Å²) in [6.45, 7) is 0. The number of phenolic OH excluding ortho intramolecular Hbond substituents is 1. The van der Waals surface area contributed by atoms with E-state index in [9.17, 15) is 23.6 Å². The van der Waals surface area contributed by atoms with Crippen LogP contribution in [0.25, 0.3) is 10.8 Å². The molecule has 0 aliphatic rings. The van der Waals surface area contributed by atoms with E-state index in [4.69, 9.17) is 4.74 Å². The molecule has 9 nitrogen and oxygen atoms in total. The molecule has 0 fully saturated rings. The second-order valence-electron chi connectivity index (χ2n) is 5.90. The van der Waals surface area contributed by atoms with Crippen LogP contribution in [0, 0.1) is 10.1 Å². The molecule has 0 radical (unpaired) electrons. The van der Waals surface area contributed by atoms with E-state index < -0.39 is 14.8 Å². The zero-order valence-corrected chi connectivity index (χ0v) is 15.7. The molecule has 0 aromatic heterocycles. The third-order valence-corrected chi connectivity index (χ3v) is 5.12. The molecule has 0 bridgehead atoms. The lowest BCUT2D eigenvalue weighted by Crippen LogP contribution is -1.99. The van der Waals surface area contributed by atoms with Gasteiger partial charge in [-0.1, -0.05) is 0 Å². The van der Waals surface area contributed by atoms with Gasteiger partial charge in [0, 0.05) is 29.2 Å². The average molecular weight is 401 g/mol. The van der Waals surface area contributed by atoms with Gasteiger partial charge in [-0.25, -0.2) is 8.42 Å². The summed E-state index contributed by atoms with van der Waals surface area (Å²) in [5.74, 6) is 0.576. The number of rotatable bonds is 5. The fraction of sp³-hybridized carbons (Fsp3) is 0.111. The van der Waals surface area contributed by atoms with E-state index in [-0.39, 0.29) is 22.0 Å². The summed E-state index contributed by atoms with van der Waals surface area (Å²) < 4.78 is 29.1. The molecule has 0 heterocycles. The maximum absolute atomic E-state index is 12.0. The Morgan fingerprint density at radius 2 is 1.68 bits per heavy atom. The van der Waals surface area contributed by atoms with Crippen molar-refractivity contribution in [2.24, 2.45) is 10.2 Å². The zero-order chi connectivity index (χ0) is 20.5. The van der Waals surface area contributed by atoms with Crippen LogP contribution in [-0.4, -0.2) is 31.8 Å². The normalized spacial score (nSPS) is 11.8. The molecule has 1 N–H and O–H groups in total. The van der Waals surface area contributed by atoms with Gasteiger partial charge in [0.25, 0.3) is 5.69 Å². The van der Waals surface area contributed by atoms with E-state index in [0.717, 1.165) is 18.4 Å². The number of azo groups is 1. The maximum Gasteiger partial charge on any atom is 0.270 e. The van der Waals surface area contributed by atoms with E-state index in [1.165, 1.54) is 25.3 Å². The lowest BCUT2D eigenvalue weighted by molar-refractivity contribution is -0.385. The highest BCUT2D eigenvalue weighted by Crippen LogP contribution is 2.36. The van der Waals surface area contributed by atoms with Crippen molar-refractivity contribution >= 4 is 37.7 Å². The molecule has 3 rings (SSSR count). The number of hydrogen-bond acceptors (Lipinski definition) is 8. The van der Waals surface area contributed by atoms with Crippen molar-refractivity contribution in [3.63, 3.8) is 0 Å². The van der Waals surface area contributed by atoms with E-state index >= 15 is 0 Å². The van der Waals surface area contributed by atoms with Gasteiger partial charge in [0.15, 0.2) is 9.84 Å². The molecule has 0 aliphatic heterocycles. The molecule has 10 heteroatoms. The number of phenols is 1. The Labute approximate surface area is 160 Å². The number of sulfone groups is 1. The lowest BCUT2D eigenvalue weighted by Gasteiger charge is -2.07. The van der Waals surface area contributed by atoms with Gasteiger partial charge < -0.3 is 9.84 Å². The largest absolute Gasteiger partial charge is 0.507 e. The van der Waals surface area contributed by atoms with Crippen molar-refractivity contribution in [3.8, 4) is 11.5 Å². The van der Waals surface area contributed by atoms with Gasteiger partial charge >= 0.3 is 0 Å². The molecular formula is C18H15N3O6S. The number of fused-ring (bicyclic) bond motifs is 1. The van der Waals surface area contributed by atoms with E-state index in [1.807, 2.05) is 0 Å². The lowest BCUT2D eigenvalue weighted by atomic mass is 10.1. The van der Waals surface area contributed by atoms with E-state index in [2.05, 4.69) is 10.2 Å². The minimum atomic E-state index is -3.77. The summed E-state index contributed by atoms with van der Waals surface area (Å²) >= 11 is 0. The second-order valence-corrected chi connectivity index (χ2v) is 7.88. The van der Waals surface area contributed by atoms with Gasteiger partial charge in [-0.2, -0.15) is 0 Å². The summed E-state index contributed by atoms with van der Waals surface area (Å²) in [6.07, 6.45) is 0.938. The predicted molar refractivity (Wildman–Crippen MR) is 103 cm³/mol. The van der Waals surface area contributed by atoms with E-state index in [0.29, 0.717) is 22.2 Å². The quantitative estimate of drug-likeness (QED) is 0.385. The van der Waals surface area contributed by atoms with Crippen molar-refractivity contribution in [3.05, 3.63) is 58.6 Å².